The third-order valence-corrected chi connectivity index (χ3v) is 4.36. The van der Waals surface area contributed by atoms with Gasteiger partial charge in [0, 0.05) is 31.9 Å². The van der Waals surface area contributed by atoms with Crippen molar-refractivity contribution in [3.05, 3.63) is 11.8 Å². The molecule has 1 aromatic heterocycles. The monoisotopic (exact) mass is 262 g/mol. The highest BCUT2D eigenvalue weighted by molar-refractivity contribution is 5.49. The number of aromatic nitrogens is 2. The van der Waals surface area contributed by atoms with E-state index in [0.717, 1.165) is 11.4 Å². The Morgan fingerprint density at radius 3 is 2.53 bits per heavy atom. The molecule has 0 saturated heterocycles. The lowest BCUT2D eigenvalue weighted by molar-refractivity contribution is 0.222. The predicted octanol–water partition coefficient (Wildman–Crippen LogP) is 3.23. The lowest BCUT2D eigenvalue weighted by atomic mass is 9.75. The summed E-state index contributed by atoms with van der Waals surface area (Å²) < 4.78 is 0. The quantitative estimate of drug-likeness (QED) is 0.908. The Kier molecular flexibility index (Phi) is 3.97. The average molecular weight is 262 g/mol. The van der Waals surface area contributed by atoms with E-state index in [1.54, 1.807) is 0 Å². The lowest BCUT2D eigenvalue weighted by Crippen LogP contribution is -2.38. The summed E-state index contributed by atoms with van der Waals surface area (Å²) in [6, 6.07) is 0.603. The van der Waals surface area contributed by atoms with E-state index in [9.17, 15) is 0 Å². The Hall–Kier alpha value is -1.32. The van der Waals surface area contributed by atoms with Gasteiger partial charge in [0.1, 0.15) is 5.82 Å². The van der Waals surface area contributed by atoms with Crippen molar-refractivity contribution in [1.29, 1.82) is 0 Å². The Morgan fingerprint density at radius 2 is 1.95 bits per heavy atom. The number of nitrogens with zero attached hydrogens (tertiary/aromatic N) is 3. The van der Waals surface area contributed by atoms with Gasteiger partial charge in [-0.15, -0.1) is 0 Å². The Labute approximate surface area is 116 Å². The van der Waals surface area contributed by atoms with Gasteiger partial charge in [0.2, 0.25) is 5.95 Å². The number of hydrogen-bond acceptors (Lipinski definition) is 4. The Morgan fingerprint density at radius 1 is 1.32 bits per heavy atom. The lowest BCUT2D eigenvalue weighted by Gasteiger charge is -2.39. The van der Waals surface area contributed by atoms with Crippen LogP contribution in [0.1, 0.15) is 45.1 Å². The van der Waals surface area contributed by atoms with Crippen molar-refractivity contribution in [2.24, 2.45) is 5.41 Å². The summed E-state index contributed by atoms with van der Waals surface area (Å²) in [4.78, 5) is 11.2. The van der Waals surface area contributed by atoms with Crippen LogP contribution in [0, 0.1) is 12.3 Å². The first-order chi connectivity index (χ1) is 8.93. The maximum atomic E-state index is 4.61. The van der Waals surface area contributed by atoms with E-state index in [2.05, 4.69) is 48.0 Å². The number of hydrogen-bond donors (Lipinski definition) is 1. The number of rotatable bonds is 3. The van der Waals surface area contributed by atoms with Crippen LogP contribution in [-0.4, -0.2) is 30.1 Å². The van der Waals surface area contributed by atoms with Crippen LogP contribution in [0.5, 0.6) is 0 Å². The van der Waals surface area contributed by atoms with Crippen LogP contribution in [0.2, 0.25) is 0 Å². The number of anilines is 2. The van der Waals surface area contributed by atoms with Gasteiger partial charge in [-0.3, -0.25) is 0 Å². The van der Waals surface area contributed by atoms with Crippen LogP contribution in [0.3, 0.4) is 0 Å². The third-order valence-electron chi connectivity index (χ3n) is 4.36. The molecule has 1 aromatic rings. The van der Waals surface area contributed by atoms with Crippen LogP contribution in [0.4, 0.5) is 11.8 Å². The van der Waals surface area contributed by atoms with Gasteiger partial charge in [0.25, 0.3) is 0 Å². The van der Waals surface area contributed by atoms with Gasteiger partial charge in [0.15, 0.2) is 0 Å². The number of nitrogens with one attached hydrogen (secondary N) is 1. The topological polar surface area (TPSA) is 41.1 Å². The fourth-order valence-corrected chi connectivity index (χ4v) is 2.85. The van der Waals surface area contributed by atoms with Gasteiger partial charge in [-0.1, -0.05) is 13.8 Å². The molecule has 0 spiro atoms. The molecule has 0 aliphatic heterocycles. The van der Waals surface area contributed by atoms with Gasteiger partial charge >= 0.3 is 0 Å². The first kappa shape index (κ1) is 14.1. The van der Waals surface area contributed by atoms with Crippen molar-refractivity contribution in [2.75, 3.05) is 24.3 Å². The van der Waals surface area contributed by atoms with E-state index < -0.39 is 0 Å². The summed E-state index contributed by atoms with van der Waals surface area (Å²) in [5.41, 5.74) is 1.65. The van der Waals surface area contributed by atoms with Gasteiger partial charge in [-0.2, -0.15) is 4.98 Å². The highest BCUT2D eigenvalue weighted by atomic mass is 15.2. The molecule has 0 unspecified atom stereocenters. The minimum atomic E-state index is 0.508. The van der Waals surface area contributed by atoms with Crippen LogP contribution >= 0.6 is 0 Å². The summed E-state index contributed by atoms with van der Waals surface area (Å²) in [6.45, 7) is 6.83. The first-order valence-electron chi connectivity index (χ1n) is 7.17. The van der Waals surface area contributed by atoms with E-state index in [-0.39, 0.29) is 0 Å². The molecule has 0 amide bonds. The summed E-state index contributed by atoms with van der Waals surface area (Å²) in [6.07, 6.45) is 7.00. The van der Waals surface area contributed by atoms with E-state index in [1.165, 1.54) is 25.7 Å². The highest BCUT2D eigenvalue weighted by Crippen LogP contribution is 2.37. The molecule has 1 aliphatic rings. The molecule has 1 heterocycles. The zero-order valence-corrected chi connectivity index (χ0v) is 12.8. The molecule has 0 atom stereocenters. The molecule has 0 aromatic carbocycles. The molecule has 1 saturated carbocycles. The van der Waals surface area contributed by atoms with Crippen LogP contribution in [0.15, 0.2) is 6.20 Å². The molecular weight excluding hydrogens is 236 g/mol. The smallest absolute Gasteiger partial charge is 0.224 e. The first-order valence-corrected chi connectivity index (χ1v) is 7.17. The highest BCUT2D eigenvalue weighted by Gasteiger charge is 2.29. The average Bonchev–Trinajstić information content (AvgIpc) is 2.38. The zero-order valence-electron chi connectivity index (χ0n) is 12.8. The van der Waals surface area contributed by atoms with Crippen LogP contribution < -0.4 is 10.2 Å². The predicted molar refractivity (Wildman–Crippen MR) is 80.8 cm³/mol. The van der Waals surface area contributed by atoms with Gasteiger partial charge in [-0.05, 0) is 38.0 Å². The molecule has 0 radical (unpaired) electrons. The van der Waals surface area contributed by atoms with Crippen LogP contribution in [0.25, 0.3) is 0 Å². The normalized spacial score (nSPS) is 19.2. The van der Waals surface area contributed by atoms with Gasteiger partial charge in [-0.25, -0.2) is 4.98 Å². The SMILES string of the molecule is CNc1ncc(C)c(N(C)C2CCC(C)(C)CC2)n1. The standard InChI is InChI=1S/C15H26N4/c1-11-10-17-14(16-4)18-13(11)19(5)12-6-8-15(2,3)9-7-12/h10,12H,6-9H2,1-5H3,(H,16,17,18). The fraction of sp³-hybridized carbons (Fsp3) is 0.733. The van der Waals surface area contributed by atoms with Crippen molar-refractivity contribution >= 4 is 11.8 Å². The molecule has 1 N–H and O–H groups in total. The molecule has 2 rings (SSSR count). The van der Waals surface area contributed by atoms with Crippen molar-refractivity contribution in [2.45, 2.75) is 52.5 Å². The van der Waals surface area contributed by atoms with Crippen molar-refractivity contribution < 1.29 is 0 Å². The molecule has 4 nitrogen and oxygen atoms in total. The minimum absolute atomic E-state index is 0.508. The fourth-order valence-electron chi connectivity index (χ4n) is 2.85. The molecule has 4 heteroatoms. The third kappa shape index (κ3) is 3.17. The van der Waals surface area contributed by atoms with Gasteiger partial charge in [0.05, 0.1) is 0 Å². The zero-order chi connectivity index (χ0) is 14.0. The van der Waals surface area contributed by atoms with E-state index in [1.807, 2.05) is 13.2 Å². The van der Waals surface area contributed by atoms with Crippen molar-refractivity contribution in [3.63, 3.8) is 0 Å². The molecular formula is C15H26N4. The molecule has 1 aliphatic carbocycles. The van der Waals surface area contributed by atoms with E-state index in [0.29, 0.717) is 17.4 Å². The Bertz CT molecular complexity index is 432. The van der Waals surface area contributed by atoms with Crippen LogP contribution in [-0.2, 0) is 0 Å². The summed E-state index contributed by atoms with van der Waals surface area (Å²) in [5.74, 6) is 1.76. The molecule has 0 bridgehead atoms. The molecule has 106 valence electrons. The summed E-state index contributed by atoms with van der Waals surface area (Å²) >= 11 is 0. The maximum Gasteiger partial charge on any atom is 0.224 e. The minimum Gasteiger partial charge on any atom is -0.357 e. The molecule has 19 heavy (non-hydrogen) atoms. The summed E-state index contributed by atoms with van der Waals surface area (Å²) in [5, 5.41) is 3.02. The molecule has 1 fully saturated rings. The second-order valence-corrected chi connectivity index (χ2v) is 6.46. The van der Waals surface area contributed by atoms with E-state index in [4.69, 9.17) is 0 Å². The Balaban J connectivity index is 2.13. The second kappa shape index (κ2) is 5.35. The van der Waals surface area contributed by atoms with Crippen molar-refractivity contribution in [3.8, 4) is 0 Å². The second-order valence-electron chi connectivity index (χ2n) is 6.46. The number of aryl methyl sites for hydroxylation is 1. The van der Waals surface area contributed by atoms with Gasteiger partial charge < -0.3 is 10.2 Å². The van der Waals surface area contributed by atoms with Crippen molar-refractivity contribution in [1.82, 2.24) is 9.97 Å². The van der Waals surface area contributed by atoms with E-state index >= 15 is 0 Å². The maximum absolute atomic E-state index is 4.61. The largest absolute Gasteiger partial charge is 0.357 e. The summed E-state index contributed by atoms with van der Waals surface area (Å²) in [7, 11) is 4.02.